The predicted molar refractivity (Wildman–Crippen MR) is 40.9 cm³/mol. The molecule has 0 fully saturated rings. The highest BCUT2D eigenvalue weighted by Gasteiger charge is 2.32. The summed E-state index contributed by atoms with van der Waals surface area (Å²) in [6, 6.07) is 1.78. The van der Waals surface area contributed by atoms with Gasteiger partial charge in [0.05, 0.1) is 11.1 Å². The average molecular weight is 216 g/mol. The molecule has 1 rings (SSSR count). The third-order valence-electron chi connectivity index (χ3n) is 1.55. The fourth-order valence-corrected chi connectivity index (χ4v) is 0.872. The summed E-state index contributed by atoms with van der Waals surface area (Å²) in [5.74, 6) is -1.62. The van der Waals surface area contributed by atoms with Crippen LogP contribution in [0, 0.1) is 11.3 Å². The van der Waals surface area contributed by atoms with Crippen molar-refractivity contribution in [2.24, 2.45) is 0 Å². The Morgan fingerprint density at radius 1 is 1.53 bits per heavy atom. The normalized spacial score (nSPS) is 10.8. The number of rotatable bonds is 1. The van der Waals surface area contributed by atoms with Gasteiger partial charge >= 0.3 is 12.1 Å². The van der Waals surface area contributed by atoms with Gasteiger partial charge in [-0.15, -0.1) is 0 Å². The van der Waals surface area contributed by atoms with Crippen molar-refractivity contribution in [3.63, 3.8) is 0 Å². The molecule has 0 saturated heterocycles. The van der Waals surface area contributed by atoms with Crippen LogP contribution in [0.4, 0.5) is 13.2 Å². The maximum atomic E-state index is 12.2. The van der Waals surface area contributed by atoms with E-state index >= 15 is 0 Å². The summed E-state index contributed by atoms with van der Waals surface area (Å²) >= 11 is 0. The number of halogens is 3. The minimum Gasteiger partial charge on any atom is -0.478 e. The number of nitrogens with zero attached hydrogens (tertiary/aromatic N) is 2. The van der Waals surface area contributed by atoms with Crippen LogP contribution in [0.25, 0.3) is 0 Å². The van der Waals surface area contributed by atoms with Gasteiger partial charge in [0.25, 0.3) is 0 Å². The Hall–Kier alpha value is -2.10. The van der Waals surface area contributed by atoms with E-state index in [0.29, 0.717) is 12.3 Å². The van der Waals surface area contributed by atoms with Crippen LogP contribution >= 0.6 is 0 Å². The SMILES string of the molecule is N#Cc1ncc(C(F)(F)F)cc1C(=O)O. The Morgan fingerprint density at radius 3 is 2.53 bits per heavy atom. The van der Waals surface area contributed by atoms with E-state index in [-0.39, 0.29) is 0 Å². The van der Waals surface area contributed by atoms with Crippen molar-refractivity contribution in [1.29, 1.82) is 5.26 Å². The first-order valence-electron chi connectivity index (χ1n) is 3.57. The molecule has 0 amide bonds. The Morgan fingerprint density at radius 2 is 2.13 bits per heavy atom. The molecule has 0 aromatic carbocycles. The van der Waals surface area contributed by atoms with Crippen LogP contribution in [0.5, 0.6) is 0 Å². The summed E-state index contributed by atoms with van der Waals surface area (Å²) < 4.78 is 36.5. The molecule has 0 spiro atoms. The van der Waals surface area contributed by atoms with E-state index in [1.165, 1.54) is 6.07 Å². The van der Waals surface area contributed by atoms with E-state index in [1.807, 2.05) is 0 Å². The molecule has 15 heavy (non-hydrogen) atoms. The van der Waals surface area contributed by atoms with E-state index in [2.05, 4.69) is 4.98 Å². The van der Waals surface area contributed by atoms with Crippen LogP contribution in [-0.2, 0) is 6.18 Å². The molecule has 0 aliphatic heterocycles. The van der Waals surface area contributed by atoms with Crippen molar-refractivity contribution >= 4 is 5.97 Å². The molecule has 78 valence electrons. The minimum atomic E-state index is -4.68. The summed E-state index contributed by atoms with van der Waals surface area (Å²) in [7, 11) is 0. The quantitative estimate of drug-likeness (QED) is 0.774. The topological polar surface area (TPSA) is 74.0 Å². The standard InChI is InChI=1S/C8H3F3N2O2/c9-8(10,11)4-1-5(7(14)15)6(2-12)13-3-4/h1,3H,(H,14,15). The first kappa shape index (κ1) is 11.0. The summed E-state index contributed by atoms with van der Waals surface area (Å²) in [6.07, 6.45) is -4.25. The number of pyridine rings is 1. The Kier molecular flexibility index (Phi) is 2.61. The molecule has 0 saturated carbocycles. The Bertz CT molecular complexity index is 448. The first-order valence-corrected chi connectivity index (χ1v) is 3.57. The van der Waals surface area contributed by atoms with Crippen LogP contribution in [0.1, 0.15) is 21.6 Å². The third-order valence-corrected chi connectivity index (χ3v) is 1.55. The molecule has 1 N–H and O–H groups in total. The van der Waals surface area contributed by atoms with Gasteiger partial charge in [-0.05, 0) is 6.07 Å². The second kappa shape index (κ2) is 3.57. The molecule has 1 aromatic rings. The molecule has 4 nitrogen and oxygen atoms in total. The van der Waals surface area contributed by atoms with Crippen molar-refractivity contribution < 1.29 is 23.1 Å². The zero-order valence-electron chi connectivity index (χ0n) is 7.04. The molecule has 1 aromatic heterocycles. The Balaban J connectivity index is 3.37. The second-order valence-corrected chi connectivity index (χ2v) is 2.53. The smallest absolute Gasteiger partial charge is 0.417 e. The van der Waals surface area contributed by atoms with Gasteiger partial charge in [0.1, 0.15) is 6.07 Å². The van der Waals surface area contributed by atoms with Crippen molar-refractivity contribution in [2.75, 3.05) is 0 Å². The van der Waals surface area contributed by atoms with E-state index in [4.69, 9.17) is 10.4 Å². The van der Waals surface area contributed by atoms with Crippen LogP contribution in [0.2, 0.25) is 0 Å². The monoisotopic (exact) mass is 216 g/mol. The third kappa shape index (κ3) is 2.22. The highest BCUT2D eigenvalue weighted by molar-refractivity contribution is 5.90. The first-order chi connectivity index (χ1) is 6.86. The van der Waals surface area contributed by atoms with Crippen LogP contribution < -0.4 is 0 Å². The number of hydrogen-bond donors (Lipinski definition) is 1. The lowest BCUT2D eigenvalue weighted by Gasteiger charge is -2.06. The van der Waals surface area contributed by atoms with Gasteiger partial charge in [-0.3, -0.25) is 0 Å². The van der Waals surface area contributed by atoms with E-state index in [1.54, 1.807) is 0 Å². The maximum absolute atomic E-state index is 12.2. The molecule has 0 bridgehead atoms. The molecule has 0 aliphatic rings. The van der Waals surface area contributed by atoms with Gasteiger partial charge < -0.3 is 5.11 Å². The summed E-state index contributed by atoms with van der Waals surface area (Å²) in [5, 5.41) is 16.9. The molecule has 0 aliphatic carbocycles. The summed E-state index contributed by atoms with van der Waals surface area (Å²) in [6.45, 7) is 0. The molecule has 0 unspecified atom stereocenters. The van der Waals surface area contributed by atoms with E-state index in [9.17, 15) is 18.0 Å². The zero-order valence-corrected chi connectivity index (χ0v) is 7.04. The highest BCUT2D eigenvalue weighted by Crippen LogP contribution is 2.29. The number of carboxylic acids is 1. The molecular weight excluding hydrogens is 213 g/mol. The second-order valence-electron chi connectivity index (χ2n) is 2.53. The number of carboxylic acid groups (broad SMARTS) is 1. The lowest BCUT2D eigenvalue weighted by atomic mass is 10.1. The maximum Gasteiger partial charge on any atom is 0.417 e. The van der Waals surface area contributed by atoms with Gasteiger partial charge in [0.15, 0.2) is 5.69 Å². The number of nitriles is 1. The van der Waals surface area contributed by atoms with Crippen molar-refractivity contribution in [2.45, 2.75) is 6.18 Å². The van der Waals surface area contributed by atoms with Crippen LogP contribution in [0.3, 0.4) is 0 Å². The zero-order chi connectivity index (χ0) is 11.6. The van der Waals surface area contributed by atoms with Crippen LogP contribution in [0.15, 0.2) is 12.3 Å². The molecular formula is C8H3F3N2O2. The van der Waals surface area contributed by atoms with Gasteiger partial charge in [0.2, 0.25) is 0 Å². The average Bonchev–Trinajstić information content (AvgIpc) is 2.15. The largest absolute Gasteiger partial charge is 0.478 e. The van der Waals surface area contributed by atoms with Crippen molar-refractivity contribution in [1.82, 2.24) is 4.98 Å². The van der Waals surface area contributed by atoms with Crippen molar-refractivity contribution in [3.8, 4) is 6.07 Å². The lowest BCUT2D eigenvalue weighted by Crippen LogP contribution is -2.10. The predicted octanol–water partition coefficient (Wildman–Crippen LogP) is 1.67. The van der Waals surface area contributed by atoms with Gasteiger partial charge in [-0.1, -0.05) is 0 Å². The van der Waals surface area contributed by atoms with E-state index in [0.717, 1.165) is 0 Å². The number of alkyl halides is 3. The molecule has 0 atom stereocenters. The fraction of sp³-hybridized carbons (Fsp3) is 0.125. The lowest BCUT2D eigenvalue weighted by molar-refractivity contribution is -0.137. The van der Waals surface area contributed by atoms with Gasteiger partial charge in [-0.25, -0.2) is 9.78 Å². The van der Waals surface area contributed by atoms with Crippen LogP contribution in [-0.4, -0.2) is 16.1 Å². The minimum absolute atomic E-state index is 0.383. The highest BCUT2D eigenvalue weighted by atomic mass is 19.4. The molecule has 7 heteroatoms. The number of aromatic nitrogens is 1. The van der Waals surface area contributed by atoms with Crippen molar-refractivity contribution in [3.05, 3.63) is 29.1 Å². The molecule has 1 heterocycles. The number of hydrogen-bond acceptors (Lipinski definition) is 3. The van der Waals surface area contributed by atoms with Gasteiger partial charge in [0, 0.05) is 6.20 Å². The number of aromatic carboxylic acids is 1. The van der Waals surface area contributed by atoms with E-state index < -0.39 is 29.0 Å². The Labute approximate surface area is 81.6 Å². The number of carbonyl (C=O) groups is 1. The molecule has 0 radical (unpaired) electrons. The van der Waals surface area contributed by atoms with Gasteiger partial charge in [-0.2, -0.15) is 18.4 Å². The fourth-order valence-electron chi connectivity index (χ4n) is 0.872. The summed E-state index contributed by atoms with van der Waals surface area (Å²) in [4.78, 5) is 13.6. The summed E-state index contributed by atoms with van der Waals surface area (Å²) in [5.41, 5.74) is -2.50.